The molecular weight excluding hydrogens is 629 g/mol. The van der Waals surface area contributed by atoms with Crippen molar-refractivity contribution in [2.75, 3.05) is 0 Å². The van der Waals surface area contributed by atoms with E-state index in [1.165, 1.54) is 45.2 Å². The second kappa shape index (κ2) is 15.2. The summed E-state index contributed by atoms with van der Waals surface area (Å²) in [7, 11) is 0. The SMILES string of the molecule is [Yb+2].c1ccc([C-](c2ccccc2)c2ccccc2)cc1.c1ccc([C-](c2ccccc2)c2ccccc2)cc1. The summed E-state index contributed by atoms with van der Waals surface area (Å²) >= 11 is 0. The van der Waals surface area contributed by atoms with Crippen molar-refractivity contribution >= 4 is 0 Å². The van der Waals surface area contributed by atoms with Crippen LogP contribution in [0.2, 0.25) is 0 Å². The first-order valence-electron chi connectivity index (χ1n) is 13.0. The van der Waals surface area contributed by atoms with E-state index in [1.54, 1.807) is 0 Å². The van der Waals surface area contributed by atoms with Gasteiger partial charge in [-0.3, -0.25) is 0 Å². The predicted octanol–water partition coefficient (Wildman–Crippen LogP) is 9.41. The van der Waals surface area contributed by atoms with Crippen LogP contribution in [0.4, 0.5) is 0 Å². The Morgan fingerprint density at radius 1 is 0.205 bits per heavy atom. The standard InChI is InChI=1S/2C19H15.Yb/c2*1-4-10-16(11-5-1)19(17-12-6-2-7-13-17)18-14-8-3-9-15-18;/h2*1-15H;/q2*-1;+2. The minimum absolute atomic E-state index is 0. The minimum atomic E-state index is 0. The molecule has 0 heterocycles. The average molecular weight is 660 g/mol. The molecule has 0 amide bonds. The van der Waals surface area contributed by atoms with E-state index < -0.39 is 0 Å². The third-order valence-electron chi connectivity index (χ3n) is 6.37. The van der Waals surface area contributed by atoms with Crippen LogP contribution in [0.5, 0.6) is 0 Å². The van der Waals surface area contributed by atoms with Crippen LogP contribution in [0.25, 0.3) is 0 Å². The van der Waals surface area contributed by atoms with Crippen LogP contribution in [-0.2, 0) is 0 Å². The van der Waals surface area contributed by atoms with Crippen molar-refractivity contribution in [2.45, 2.75) is 0 Å². The largest absolute Gasteiger partial charge is 2.00 e. The average Bonchev–Trinajstić information content (AvgIpc) is 3.01. The molecule has 0 unspecified atom stereocenters. The fourth-order valence-corrected chi connectivity index (χ4v) is 4.63. The maximum absolute atomic E-state index is 2.16. The van der Waals surface area contributed by atoms with E-state index in [4.69, 9.17) is 0 Å². The summed E-state index contributed by atoms with van der Waals surface area (Å²) in [6.45, 7) is 0. The quantitative estimate of drug-likeness (QED) is 0.124. The van der Waals surface area contributed by atoms with Gasteiger partial charge in [-0.25, -0.2) is 0 Å². The molecule has 0 fully saturated rings. The van der Waals surface area contributed by atoms with E-state index >= 15 is 0 Å². The van der Waals surface area contributed by atoms with Crippen molar-refractivity contribution in [2.24, 2.45) is 0 Å². The molecular formula is C38H30Yb. The molecule has 196 valence electrons. The van der Waals surface area contributed by atoms with Crippen LogP contribution < -0.4 is 0 Å². The van der Waals surface area contributed by atoms with E-state index in [9.17, 15) is 0 Å². The number of hydrogen-bond acceptors (Lipinski definition) is 0. The molecule has 0 aliphatic rings. The van der Waals surface area contributed by atoms with Gasteiger partial charge in [0.25, 0.3) is 0 Å². The normalized spacial score (nSPS) is 9.85. The summed E-state index contributed by atoms with van der Waals surface area (Å²) in [6.07, 6.45) is 0. The zero-order chi connectivity index (χ0) is 25.8. The van der Waals surface area contributed by atoms with E-state index in [1.807, 2.05) is 0 Å². The van der Waals surface area contributed by atoms with Crippen LogP contribution in [0.1, 0.15) is 33.4 Å². The topological polar surface area (TPSA) is 0 Å². The van der Waals surface area contributed by atoms with Crippen LogP contribution in [0.3, 0.4) is 0 Å². The first-order chi connectivity index (χ1) is 18.9. The Bertz CT molecular complexity index is 1160. The molecule has 0 saturated heterocycles. The van der Waals surface area contributed by atoms with Crippen LogP contribution in [0, 0.1) is 58.8 Å². The predicted molar refractivity (Wildman–Crippen MR) is 160 cm³/mol. The van der Waals surface area contributed by atoms with E-state index in [0.717, 1.165) is 0 Å². The third kappa shape index (κ3) is 7.80. The molecule has 0 spiro atoms. The Morgan fingerprint density at radius 3 is 0.462 bits per heavy atom. The van der Waals surface area contributed by atoms with Gasteiger partial charge in [0.05, 0.1) is 0 Å². The van der Waals surface area contributed by atoms with Gasteiger partial charge in [0.1, 0.15) is 0 Å². The molecule has 0 aromatic heterocycles. The Morgan fingerprint density at radius 2 is 0.333 bits per heavy atom. The van der Waals surface area contributed by atoms with Gasteiger partial charge in [-0.1, -0.05) is 227 Å². The van der Waals surface area contributed by atoms with Crippen molar-refractivity contribution in [1.29, 1.82) is 0 Å². The number of benzene rings is 6. The van der Waals surface area contributed by atoms with Gasteiger partial charge >= 0.3 is 46.9 Å². The summed E-state index contributed by atoms with van der Waals surface area (Å²) < 4.78 is 0. The number of hydrogen-bond donors (Lipinski definition) is 0. The van der Waals surface area contributed by atoms with Gasteiger partial charge in [-0.05, 0) is 0 Å². The molecule has 6 aromatic rings. The zero-order valence-electron chi connectivity index (χ0n) is 21.6. The Balaban J connectivity index is 0.000000176. The van der Waals surface area contributed by atoms with Gasteiger partial charge in [0.15, 0.2) is 0 Å². The third-order valence-corrected chi connectivity index (χ3v) is 6.37. The Hall–Kier alpha value is -3.42. The molecule has 39 heavy (non-hydrogen) atoms. The van der Waals surface area contributed by atoms with Gasteiger partial charge in [-0.15, -0.1) is 0 Å². The van der Waals surface area contributed by atoms with Crippen LogP contribution in [0.15, 0.2) is 182 Å². The minimum Gasteiger partial charge on any atom is -0.0999 e. The summed E-state index contributed by atoms with van der Waals surface area (Å²) in [5.41, 5.74) is 7.50. The van der Waals surface area contributed by atoms with Gasteiger partial charge in [0, 0.05) is 0 Å². The fourth-order valence-electron chi connectivity index (χ4n) is 4.63. The van der Waals surface area contributed by atoms with E-state index in [2.05, 4.69) is 182 Å². The van der Waals surface area contributed by atoms with Crippen LogP contribution >= 0.6 is 0 Å². The summed E-state index contributed by atoms with van der Waals surface area (Å²) in [4.78, 5) is 0. The second-order valence-corrected chi connectivity index (χ2v) is 8.95. The maximum atomic E-state index is 2.16. The van der Waals surface area contributed by atoms with Crippen molar-refractivity contribution < 1.29 is 46.9 Å². The molecule has 6 aromatic carbocycles. The summed E-state index contributed by atoms with van der Waals surface area (Å²) in [5.74, 6) is 2.56. The van der Waals surface area contributed by atoms with Crippen molar-refractivity contribution in [3.63, 3.8) is 0 Å². The Kier molecular flexibility index (Phi) is 11.2. The molecule has 1 heteroatoms. The second-order valence-electron chi connectivity index (χ2n) is 8.95. The van der Waals surface area contributed by atoms with Crippen LogP contribution in [-0.4, -0.2) is 0 Å². The number of rotatable bonds is 6. The fraction of sp³-hybridized carbons (Fsp3) is 0. The van der Waals surface area contributed by atoms with Crippen molar-refractivity contribution in [3.05, 3.63) is 227 Å². The van der Waals surface area contributed by atoms with Crippen molar-refractivity contribution in [1.82, 2.24) is 0 Å². The molecule has 0 saturated carbocycles. The molecule has 0 aliphatic heterocycles. The smallest absolute Gasteiger partial charge is 0.0999 e. The van der Waals surface area contributed by atoms with E-state index in [-0.39, 0.29) is 46.9 Å². The molecule has 0 nitrogen and oxygen atoms in total. The first kappa shape index (κ1) is 28.6. The zero-order valence-corrected chi connectivity index (χ0v) is 23.3. The van der Waals surface area contributed by atoms with Gasteiger partial charge in [-0.2, -0.15) is 0 Å². The first-order valence-corrected chi connectivity index (χ1v) is 13.0. The summed E-state index contributed by atoms with van der Waals surface area (Å²) in [6, 6.07) is 63.3. The van der Waals surface area contributed by atoms with E-state index in [0.29, 0.717) is 0 Å². The monoisotopic (exact) mass is 660 g/mol. The van der Waals surface area contributed by atoms with Crippen molar-refractivity contribution in [3.8, 4) is 0 Å². The van der Waals surface area contributed by atoms with Gasteiger partial charge in [0.2, 0.25) is 0 Å². The molecule has 0 aliphatic carbocycles. The molecule has 0 radical (unpaired) electrons. The molecule has 6 rings (SSSR count). The van der Waals surface area contributed by atoms with Gasteiger partial charge < -0.3 is 0 Å². The maximum Gasteiger partial charge on any atom is 2.00 e. The Labute approximate surface area is 271 Å². The summed E-state index contributed by atoms with van der Waals surface area (Å²) in [5, 5.41) is 0. The molecule has 0 atom stereocenters. The molecule has 0 N–H and O–H groups in total. The molecule has 0 bridgehead atoms.